The minimum absolute atomic E-state index is 0.469. The highest BCUT2D eigenvalue weighted by atomic mass is 15.2. The van der Waals surface area contributed by atoms with Crippen LogP contribution in [0, 0.1) is 0 Å². The van der Waals surface area contributed by atoms with Gasteiger partial charge in [0.15, 0.2) is 0 Å². The number of fused-ring (bicyclic) bond motifs is 1. The summed E-state index contributed by atoms with van der Waals surface area (Å²) in [6.07, 6.45) is 3.72. The third kappa shape index (κ3) is 3.42. The maximum atomic E-state index is 4.94. The maximum absolute atomic E-state index is 4.94. The number of para-hydroxylation sites is 1. The molecule has 0 radical (unpaired) electrons. The molecule has 1 fully saturated rings. The van der Waals surface area contributed by atoms with Crippen LogP contribution in [0.3, 0.4) is 0 Å². The van der Waals surface area contributed by atoms with Gasteiger partial charge in [0.1, 0.15) is 0 Å². The van der Waals surface area contributed by atoms with Crippen LogP contribution in [0.1, 0.15) is 37.9 Å². The van der Waals surface area contributed by atoms with Gasteiger partial charge in [-0.2, -0.15) is 0 Å². The molecule has 0 spiro atoms. The number of aromatic nitrogens is 1. The second-order valence-corrected chi connectivity index (χ2v) is 5.87. The van der Waals surface area contributed by atoms with Gasteiger partial charge in [0.25, 0.3) is 0 Å². The lowest BCUT2D eigenvalue weighted by Crippen LogP contribution is -2.45. The van der Waals surface area contributed by atoms with Crippen molar-refractivity contribution in [2.45, 2.75) is 32.2 Å². The predicted octanol–water partition coefficient (Wildman–Crippen LogP) is 3.37. The minimum atomic E-state index is 0.469. The monoisotopic (exact) mass is 283 g/mol. The number of hydrogen-bond acceptors (Lipinski definition) is 3. The lowest BCUT2D eigenvalue weighted by atomic mass is 10.0. The van der Waals surface area contributed by atoms with Crippen molar-refractivity contribution in [3.63, 3.8) is 0 Å². The van der Waals surface area contributed by atoms with Crippen molar-refractivity contribution < 1.29 is 0 Å². The molecule has 1 aromatic heterocycles. The second-order valence-electron chi connectivity index (χ2n) is 5.87. The van der Waals surface area contributed by atoms with Gasteiger partial charge in [-0.3, -0.25) is 9.88 Å². The Balaban J connectivity index is 1.88. The number of benzene rings is 1. The Bertz CT molecular complexity index is 575. The smallest absolute Gasteiger partial charge is 0.0706 e. The van der Waals surface area contributed by atoms with Crippen LogP contribution < -0.4 is 5.32 Å². The van der Waals surface area contributed by atoms with Crippen molar-refractivity contribution in [1.82, 2.24) is 15.2 Å². The number of pyridine rings is 1. The molecule has 21 heavy (non-hydrogen) atoms. The molecule has 3 rings (SSSR count). The molecule has 1 aromatic carbocycles. The zero-order valence-electron chi connectivity index (χ0n) is 12.9. The van der Waals surface area contributed by atoms with Gasteiger partial charge in [0.05, 0.1) is 17.3 Å². The van der Waals surface area contributed by atoms with Crippen molar-refractivity contribution in [2.75, 3.05) is 26.2 Å². The van der Waals surface area contributed by atoms with Gasteiger partial charge in [-0.05, 0) is 18.6 Å². The van der Waals surface area contributed by atoms with Crippen LogP contribution in [0.15, 0.2) is 36.4 Å². The van der Waals surface area contributed by atoms with Crippen LogP contribution in [0.2, 0.25) is 0 Å². The van der Waals surface area contributed by atoms with Gasteiger partial charge in [-0.1, -0.05) is 44.0 Å². The highest BCUT2D eigenvalue weighted by Crippen LogP contribution is 2.27. The summed E-state index contributed by atoms with van der Waals surface area (Å²) in [5.41, 5.74) is 2.36. The highest BCUT2D eigenvalue weighted by molar-refractivity contribution is 5.78. The summed E-state index contributed by atoms with van der Waals surface area (Å²) in [6.45, 7) is 6.71. The third-order valence-corrected chi connectivity index (χ3v) is 4.38. The van der Waals surface area contributed by atoms with E-state index in [4.69, 9.17) is 4.98 Å². The number of hydrogen-bond donors (Lipinski definition) is 1. The van der Waals surface area contributed by atoms with Gasteiger partial charge in [-0.25, -0.2) is 0 Å². The van der Waals surface area contributed by atoms with Gasteiger partial charge in [0, 0.05) is 31.6 Å². The Morgan fingerprint density at radius 2 is 1.95 bits per heavy atom. The number of nitrogens with one attached hydrogen (secondary N) is 1. The summed E-state index contributed by atoms with van der Waals surface area (Å²) in [4.78, 5) is 7.54. The highest BCUT2D eigenvalue weighted by Gasteiger charge is 2.22. The van der Waals surface area contributed by atoms with E-state index < -0.39 is 0 Å². The minimum Gasteiger partial charge on any atom is -0.314 e. The molecular weight excluding hydrogens is 258 g/mol. The fourth-order valence-corrected chi connectivity index (χ4v) is 3.18. The summed E-state index contributed by atoms with van der Waals surface area (Å²) in [5.74, 6) is 0. The molecule has 1 N–H and O–H groups in total. The van der Waals surface area contributed by atoms with E-state index in [0.29, 0.717) is 6.04 Å². The summed E-state index contributed by atoms with van der Waals surface area (Å²) in [7, 11) is 0. The first-order valence-corrected chi connectivity index (χ1v) is 8.19. The van der Waals surface area contributed by atoms with Crippen LogP contribution >= 0.6 is 0 Å². The lowest BCUT2D eigenvalue weighted by Gasteiger charge is -2.34. The summed E-state index contributed by atoms with van der Waals surface area (Å²) in [5, 5.41) is 4.68. The summed E-state index contributed by atoms with van der Waals surface area (Å²) in [6, 6.07) is 13.3. The van der Waals surface area contributed by atoms with E-state index in [-0.39, 0.29) is 0 Å². The standard InChI is InChI=1S/C18H25N3/c1-2-3-8-18(21-13-11-19-12-14-21)17-10-9-15-6-4-5-7-16(15)20-17/h4-7,9-10,18-19H,2-3,8,11-14H2,1H3. The van der Waals surface area contributed by atoms with Gasteiger partial charge >= 0.3 is 0 Å². The zero-order valence-corrected chi connectivity index (χ0v) is 12.9. The average molecular weight is 283 g/mol. The van der Waals surface area contributed by atoms with Crippen molar-refractivity contribution >= 4 is 10.9 Å². The van der Waals surface area contributed by atoms with Crippen LogP contribution in [0.25, 0.3) is 10.9 Å². The quantitative estimate of drug-likeness (QED) is 0.912. The molecule has 0 bridgehead atoms. The van der Waals surface area contributed by atoms with Gasteiger partial charge in [0.2, 0.25) is 0 Å². The first-order chi connectivity index (χ1) is 10.4. The van der Waals surface area contributed by atoms with Crippen LogP contribution in [-0.4, -0.2) is 36.1 Å². The summed E-state index contributed by atoms with van der Waals surface area (Å²) < 4.78 is 0. The van der Waals surface area contributed by atoms with E-state index in [1.54, 1.807) is 0 Å². The van der Waals surface area contributed by atoms with Crippen molar-refractivity contribution in [3.8, 4) is 0 Å². The van der Waals surface area contributed by atoms with Crippen molar-refractivity contribution in [2.24, 2.45) is 0 Å². The third-order valence-electron chi connectivity index (χ3n) is 4.38. The number of piperazine rings is 1. The fraction of sp³-hybridized carbons (Fsp3) is 0.500. The summed E-state index contributed by atoms with van der Waals surface area (Å²) >= 11 is 0. The zero-order chi connectivity index (χ0) is 14.5. The topological polar surface area (TPSA) is 28.2 Å². The van der Waals surface area contributed by atoms with Crippen LogP contribution in [0.5, 0.6) is 0 Å². The molecule has 0 saturated carbocycles. The lowest BCUT2D eigenvalue weighted by molar-refractivity contribution is 0.160. The normalized spacial score (nSPS) is 18.0. The Labute approximate surface area is 127 Å². The molecule has 2 heterocycles. The molecule has 3 nitrogen and oxygen atoms in total. The molecule has 112 valence electrons. The maximum Gasteiger partial charge on any atom is 0.0706 e. The molecule has 1 atom stereocenters. The fourth-order valence-electron chi connectivity index (χ4n) is 3.18. The molecule has 0 aliphatic carbocycles. The molecule has 1 saturated heterocycles. The van der Waals surface area contributed by atoms with E-state index in [0.717, 1.165) is 31.7 Å². The van der Waals surface area contributed by atoms with Crippen LogP contribution in [-0.2, 0) is 0 Å². The number of nitrogens with zero attached hydrogens (tertiary/aromatic N) is 2. The molecule has 1 aliphatic rings. The number of unbranched alkanes of at least 4 members (excludes halogenated alkanes) is 1. The first-order valence-electron chi connectivity index (χ1n) is 8.19. The van der Waals surface area contributed by atoms with Gasteiger partial charge in [-0.15, -0.1) is 0 Å². The molecule has 1 unspecified atom stereocenters. The Morgan fingerprint density at radius 1 is 1.14 bits per heavy atom. The predicted molar refractivity (Wildman–Crippen MR) is 88.5 cm³/mol. The molecule has 1 aliphatic heterocycles. The van der Waals surface area contributed by atoms with E-state index >= 15 is 0 Å². The molecule has 3 heteroatoms. The Hall–Kier alpha value is -1.45. The second kappa shape index (κ2) is 7.01. The van der Waals surface area contributed by atoms with Gasteiger partial charge < -0.3 is 5.32 Å². The van der Waals surface area contributed by atoms with Crippen LogP contribution in [0.4, 0.5) is 0 Å². The average Bonchev–Trinajstić information content (AvgIpc) is 2.56. The van der Waals surface area contributed by atoms with Crippen molar-refractivity contribution in [1.29, 1.82) is 0 Å². The number of rotatable bonds is 5. The van der Waals surface area contributed by atoms with E-state index in [9.17, 15) is 0 Å². The SMILES string of the molecule is CCCCC(c1ccc2ccccc2n1)N1CCNCC1. The van der Waals surface area contributed by atoms with Crippen molar-refractivity contribution in [3.05, 3.63) is 42.1 Å². The molecule has 2 aromatic rings. The van der Waals surface area contributed by atoms with E-state index in [1.165, 1.54) is 30.3 Å². The first kappa shape index (κ1) is 14.5. The molecule has 0 amide bonds. The van der Waals surface area contributed by atoms with E-state index in [1.807, 2.05) is 0 Å². The largest absolute Gasteiger partial charge is 0.314 e. The Morgan fingerprint density at radius 3 is 2.76 bits per heavy atom. The van der Waals surface area contributed by atoms with E-state index in [2.05, 4.69) is 53.5 Å². The molecular formula is C18H25N3. The Kier molecular flexibility index (Phi) is 4.84.